The molecule has 0 aliphatic rings. The zero-order valence-corrected chi connectivity index (χ0v) is 8.80. The lowest BCUT2D eigenvalue weighted by atomic mass is 10.1. The van der Waals surface area contributed by atoms with E-state index >= 15 is 0 Å². The number of aromatic nitrogens is 1. The van der Waals surface area contributed by atoms with Gasteiger partial charge in [0.2, 0.25) is 0 Å². The Labute approximate surface area is 86.6 Å². The van der Waals surface area contributed by atoms with Crippen LogP contribution in [0.1, 0.15) is 30.1 Å². The van der Waals surface area contributed by atoms with Crippen molar-refractivity contribution in [3.63, 3.8) is 0 Å². The molecule has 2 nitrogen and oxygen atoms in total. The van der Waals surface area contributed by atoms with E-state index < -0.39 is 0 Å². The second-order valence-electron chi connectivity index (χ2n) is 3.20. The van der Waals surface area contributed by atoms with Gasteiger partial charge in [0.05, 0.1) is 10.2 Å². The fourth-order valence-electron chi connectivity index (χ4n) is 1.37. The molecule has 2 heterocycles. The summed E-state index contributed by atoms with van der Waals surface area (Å²) in [5.74, 6) is 0.190. The third-order valence-electron chi connectivity index (χ3n) is 2.10. The molecular weight excluding hydrogens is 194 g/mol. The molecule has 0 amide bonds. The van der Waals surface area contributed by atoms with Crippen molar-refractivity contribution in [3.05, 3.63) is 29.3 Å². The minimum Gasteiger partial charge on any atom is -0.294 e. The molecule has 2 rings (SSSR count). The van der Waals surface area contributed by atoms with Crippen LogP contribution in [0.5, 0.6) is 0 Å². The van der Waals surface area contributed by atoms with Crippen LogP contribution in [0, 0.1) is 0 Å². The van der Waals surface area contributed by atoms with Gasteiger partial charge in [-0.15, -0.1) is 11.3 Å². The van der Waals surface area contributed by atoms with E-state index in [-0.39, 0.29) is 5.78 Å². The summed E-state index contributed by atoms with van der Waals surface area (Å²) in [7, 11) is 0. The van der Waals surface area contributed by atoms with Crippen molar-refractivity contribution in [1.29, 1.82) is 0 Å². The minimum atomic E-state index is 0.190. The van der Waals surface area contributed by atoms with Crippen LogP contribution in [0.3, 0.4) is 0 Å². The Morgan fingerprint density at radius 1 is 1.57 bits per heavy atom. The van der Waals surface area contributed by atoms with Crippen LogP contribution in [0.15, 0.2) is 23.7 Å². The van der Waals surface area contributed by atoms with Gasteiger partial charge in [-0.25, -0.2) is 0 Å². The van der Waals surface area contributed by atoms with Crippen LogP contribution in [-0.2, 0) is 0 Å². The molecule has 0 spiro atoms. The van der Waals surface area contributed by atoms with E-state index in [9.17, 15) is 4.79 Å². The molecule has 0 N–H and O–H groups in total. The molecule has 0 aliphatic carbocycles. The number of hydrogen-bond acceptors (Lipinski definition) is 3. The smallest absolute Gasteiger partial charge is 0.164 e. The molecular formula is C11H11NOS. The quantitative estimate of drug-likeness (QED) is 0.720. The maximum atomic E-state index is 11.6. The van der Waals surface area contributed by atoms with E-state index in [1.165, 1.54) is 0 Å². The van der Waals surface area contributed by atoms with Crippen LogP contribution >= 0.6 is 11.3 Å². The number of Topliss-reactive ketones (excluding diaryl/α,β-unsaturated/α-hetero) is 1. The third kappa shape index (κ3) is 1.68. The van der Waals surface area contributed by atoms with Gasteiger partial charge in [0.1, 0.15) is 0 Å². The molecule has 0 unspecified atom stereocenters. The second-order valence-corrected chi connectivity index (χ2v) is 4.15. The molecule has 0 atom stereocenters. The Kier molecular flexibility index (Phi) is 2.59. The number of ketones is 1. The van der Waals surface area contributed by atoms with Crippen molar-refractivity contribution >= 4 is 27.3 Å². The van der Waals surface area contributed by atoms with Crippen molar-refractivity contribution < 1.29 is 4.79 Å². The standard InChI is InChI=1S/C11H11NOS/c1-2-3-10(13)8-6-11-9(12-7-8)4-5-14-11/h4-7H,2-3H2,1H3. The van der Waals surface area contributed by atoms with Crippen LogP contribution in [0.25, 0.3) is 10.2 Å². The fraction of sp³-hybridized carbons (Fsp3) is 0.273. The molecule has 0 aromatic carbocycles. The molecule has 0 bridgehead atoms. The van der Waals surface area contributed by atoms with E-state index in [4.69, 9.17) is 0 Å². The summed E-state index contributed by atoms with van der Waals surface area (Å²) in [5.41, 5.74) is 1.71. The maximum absolute atomic E-state index is 11.6. The normalized spacial score (nSPS) is 10.6. The van der Waals surface area contributed by atoms with Crippen molar-refractivity contribution in [3.8, 4) is 0 Å². The number of thiophene rings is 1. The Morgan fingerprint density at radius 2 is 2.43 bits per heavy atom. The number of hydrogen-bond donors (Lipinski definition) is 0. The SMILES string of the molecule is CCCC(=O)c1cnc2ccsc2c1. The van der Waals surface area contributed by atoms with Gasteiger partial charge in [0, 0.05) is 18.2 Å². The lowest BCUT2D eigenvalue weighted by molar-refractivity contribution is 0.0981. The first-order valence-corrected chi connectivity index (χ1v) is 5.55. The Bertz CT molecular complexity index is 461. The summed E-state index contributed by atoms with van der Waals surface area (Å²) in [4.78, 5) is 15.8. The van der Waals surface area contributed by atoms with E-state index in [0.29, 0.717) is 6.42 Å². The lowest BCUT2D eigenvalue weighted by Crippen LogP contribution is -1.98. The van der Waals surface area contributed by atoms with Gasteiger partial charge in [-0.1, -0.05) is 6.92 Å². The highest BCUT2D eigenvalue weighted by Gasteiger charge is 2.06. The Hall–Kier alpha value is -1.22. The number of fused-ring (bicyclic) bond motifs is 1. The van der Waals surface area contributed by atoms with Crippen LogP contribution in [-0.4, -0.2) is 10.8 Å². The predicted molar refractivity (Wildman–Crippen MR) is 58.9 cm³/mol. The predicted octanol–water partition coefficient (Wildman–Crippen LogP) is 3.28. The number of pyridine rings is 1. The number of carbonyl (C=O) groups is 1. The summed E-state index contributed by atoms with van der Waals surface area (Å²) in [6, 6.07) is 3.90. The van der Waals surface area contributed by atoms with Gasteiger partial charge in [-0.2, -0.15) is 0 Å². The van der Waals surface area contributed by atoms with Crippen LogP contribution < -0.4 is 0 Å². The second kappa shape index (κ2) is 3.88. The largest absolute Gasteiger partial charge is 0.294 e. The van der Waals surface area contributed by atoms with Crippen molar-refractivity contribution in [1.82, 2.24) is 4.98 Å². The van der Waals surface area contributed by atoms with Gasteiger partial charge in [-0.05, 0) is 23.9 Å². The topological polar surface area (TPSA) is 30.0 Å². The Morgan fingerprint density at radius 3 is 3.21 bits per heavy atom. The monoisotopic (exact) mass is 205 g/mol. The Balaban J connectivity index is 2.38. The molecule has 0 aliphatic heterocycles. The molecule has 72 valence electrons. The fourth-order valence-corrected chi connectivity index (χ4v) is 2.15. The first-order valence-electron chi connectivity index (χ1n) is 4.67. The molecule has 0 saturated heterocycles. The molecule has 0 saturated carbocycles. The molecule has 2 aromatic rings. The first kappa shape index (κ1) is 9.34. The molecule has 0 fully saturated rings. The van der Waals surface area contributed by atoms with Crippen LogP contribution in [0.4, 0.5) is 0 Å². The third-order valence-corrected chi connectivity index (χ3v) is 2.95. The highest BCUT2D eigenvalue weighted by Crippen LogP contribution is 2.20. The van der Waals surface area contributed by atoms with Gasteiger partial charge in [0.25, 0.3) is 0 Å². The van der Waals surface area contributed by atoms with Gasteiger partial charge in [0.15, 0.2) is 5.78 Å². The average molecular weight is 205 g/mol. The van der Waals surface area contributed by atoms with Crippen LogP contribution in [0.2, 0.25) is 0 Å². The van der Waals surface area contributed by atoms with Crippen molar-refractivity contribution in [2.24, 2.45) is 0 Å². The lowest BCUT2D eigenvalue weighted by Gasteiger charge is -1.97. The van der Waals surface area contributed by atoms with E-state index in [2.05, 4.69) is 4.98 Å². The zero-order chi connectivity index (χ0) is 9.97. The number of rotatable bonds is 3. The van der Waals surface area contributed by atoms with Gasteiger partial charge < -0.3 is 0 Å². The summed E-state index contributed by atoms with van der Waals surface area (Å²) in [5, 5.41) is 1.99. The molecule has 2 aromatic heterocycles. The maximum Gasteiger partial charge on any atom is 0.164 e. The average Bonchev–Trinajstić information content (AvgIpc) is 2.64. The van der Waals surface area contributed by atoms with Crippen molar-refractivity contribution in [2.45, 2.75) is 19.8 Å². The zero-order valence-electron chi connectivity index (χ0n) is 7.99. The first-order chi connectivity index (χ1) is 6.81. The molecule has 14 heavy (non-hydrogen) atoms. The summed E-state index contributed by atoms with van der Waals surface area (Å²) < 4.78 is 1.09. The summed E-state index contributed by atoms with van der Waals surface area (Å²) in [6.07, 6.45) is 3.17. The van der Waals surface area contributed by atoms with Gasteiger partial charge in [-0.3, -0.25) is 9.78 Å². The highest BCUT2D eigenvalue weighted by atomic mass is 32.1. The van der Waals surface area contributed by atoms with Crippen molar-refractivity contribution in [2.75, 3.05) is 0 Å². The van der Waals surface area contributed by atoms with E-state index in [1.54, 1.807) is 17.5 Å². The van der Waals surface area contributed by atoms with Gasteiger partial charge >= 0.3 is 0 Å². The summed E-state index contributed by atoms with van der Waals surface area (Å²) >= 11 is 1.62. The molecule has 3 heteroatoms. The molecule has 0 radical (unpaired) electrons. The van der Waals surface area contributed by atoms with E-state index in [0.717, 1.165) is 22.2 Å². The van der Waals surface area contributed by atoms with E-state index in [1.807, 2.05) is 24.4 Å². The highest BCUT2D eigenvalue weighted by molar-refractivity contribution is 7.17. The number of nitrogens with zero attached hydrogens (tertiary/aromatic N) is 1. The minimum absolute atomic E-state index is 0.190. The number of carbonyl (C=O) groups excluding carboxylic acids is 1. The summed E-state index contributed by atoms with van der Waals surface area (Å²) in [6.45, 7) is 2.01.